The van der Waals surface area contributed by atoms with Gasteiger partial charge in [0.2, 0.25) is 0 Å². The van der Waals surface area contributed by atoms with Crippen molar-refractivity contribution in [3.63, 3.8) is 0 Å². The van der Waals surface area contributed by atoms with Gasteiger partial charge in [0.05, 0.1) is 6.10 Å². The summed E-state index contributed by atoms with van der Waals surface area (Å²) in [6.07, 6.45) is 4.99. The Morgan fingerprint density at radius 1 is 1.12 bits per heavy atom. The summed E-state index contributed by atoms with van der Waals surface area (Å²) >= 11 is 1.48. The minimum absolute atomic E-state index is 0.152. The standard InChI is InChI=1S/C11H18N4OS/c12-9-6-10(13)15-11(14-9)17-8-5-3-1-2-4-7(8)16/h6-8,16H,1-5H2,(H4,12,13,14,15). The number of nitrogens with zero attached hydrogens (tertiary/aromatic N) is 2. The zero-order chi connectivity index (χ0) is 12.3. The Kier molecular flexibility index (Phi) is 4.06. The quantitative estimate of drug-likeness (QED) is 0.545. The summed E-state index contributed by atoms with van der Waals surface area (Å²) in [6.45, 7) is 0. The Hall–Kier alpha value is -1.01. The van der Waals surface area contributed by atoms with E-state index in [1.165, 1.54) is 24.2 Å². The number of nitrogens with two attached hydrogens (primary N) is 2. The lowest BCUT2D eigenvalue weighted by Crippen LogP contribution is -2.21. The maximum Gasteiger partial charge on any atom is 0.191 e. The van der Waals surface area contributed by atoms with E-state index in [0.717, 1.165) is 25.7 Å². The Labute approximate surface area is 105 Å². The molecular weight excluding hydrogens is 236 g/mol. The molecule has 2 unspecified atom stereocenters. The molecule has 6 heteroatoms. The van der Waals surface area contributed by atoms with Crippen LogP contribution in [0.25, 0.3) is 0 Å². The van der Waals surface area contributed by atoms with Crippen LogP contribution in [0.4, 0.5) is 11.6 Å². The monoisotopic (exact) mass is 254 g/mol. The normalized spacial score (nSPS) is 25.5. The molecule has 5 N–H and O–H groups in total. The highest BCUT2D eigenvalue weighted by Crippen LogP contribution is 2.31. The summed E-state index contributed by atoms with van der Waals surface area (Å²) in [5.41, 5.74) is 11.2. The van der Waals surface area contributed by atoms with Crippen LogP contribution in [0.5, 0.6) is 0 Å². The number of aromatic nitrogens is 2. The first-order valence-corrected chi connectivity index (χ1v) is 6.78. The second kappa shape index (κ2) is 5.55. The largest absolute Gasteiger partial charge is 0.392 e. The first-order valence-electron chi connectivity index (χ1n) is 5.90. The van der Waals surface area contributed by atoms with Gasteiger partial charge in [-0.2, -0.15) is 0 Å². The molecule has 1 aromatic heterocycles. The molecule has 1 aromatic rings. The van der Waals surface area contributed by atoms with Gasteiger partial charge < -0.3 is 16.6 Å². The molecule has 94 valence electrons. The first-order chi connectivity index (χ1) is 8.15. The maximum absolute atomic E-state index is 10.0. The summed E-state index contributed by atoms with van der Waals surface area (Å²) in [4.78, 5) is 8.26. The Morgan fingerprint density at radius 2 is 1.76 bits per heavy atom. The third kappa shape index (κ3) is 3.47. The van der Waals surface area contributed by atoms with Gasteiger partial charge in [0, 0.05) is 11.3 Å². The number of hydrogen-bond donors (Lipinski definition) is 3. The molecular formula is C11H18N4OS. The van der Waals surface area contributed by atoms with Crippen molar-refractivity contribution < 1.29 is 5.11 Å². The summed E-state index contributed by atoms with van der Waals surface area (Å²) in [7, 11) is 0. The first kappa shape index (κ1) is 12.4. The van der Waals surface area contributed by atoms with Gasteiger partial charge in [-0.1, -0.05) is 31.0 Å². The van der Waals surface area contributed by atoms with E-state index in [4.69, 9.17) is 11.5 Å². The Morgan fingerprint density at radius 3 is 2.47 bits per heavy atom. The zero-order valence-electron chi connectivity index (χ0n) is 9.67. The molecule has 2 atom stereocenters. The fourth-order valence-corrected chi connectivity index (χ4v) is 3.21. The molecule has 17 heavy (non-hydrogen) atoms. The highest BCUT2D eigenvalue weighted by atomic mass is 32.2. The second-order valence-electron chi connectivity index (χ2n) is 4.36. The number of nitrogen functional groups attached to an aromatic ring is 2. The molecule has 0 bridgehead atoms. The average Bonchev–Trinajstić information content (AvgIpc) is 2.43. The number of thioether (sulfide) groups is 1. The number of aliphatic hydroxyl groups is 1. The van der Waals surface area contributed by atoms with Crippen LogP contribution in [0.1, 0.15) is 32.1 Å². The SMILES string of the molecule is Nc1cc(N)nc(SC2CCCCCC2O)n1. The Bertz CT molecular complexity index is 367. The minimum atomic E-state index is -0.284. The van der Waals surface area contributed by atoms with Crippen LogP contribution < -0.4 is 11.5 Å². The van der Waals surface area contributed by atoms with Gasteiger partial charge in [0.25, 0.3) is 0 Å². The molecule has 1 saturated carbocycles. The molecule has 2 rings (SSSR count). The van der Waals surface area contributed by atoms with E-state index < -0.39 is 0 Å². The minimum Gasteiger partial charge on any atom is -0.392 e. The highest BCUT2D eigenvalue weighted by Gasteiger charge is 2.23. The van der Waals surface area contributed by atoms with E-state index in [1.54, 1.807) is 0 Å². The van der Waals surface area contributed by atoms with Crippen molar-refractivity contribution in [3.05, 3.63) is 6.07 Å². The third-order valence-corrected chi connectivity index (χ3v) is 4.17. The van der Waals surface area contributed by atoms with Crippen molar-refractivity contribution >= 4 is 23.4 Å². The van der Waals surface area contributed by atoms with Crippen LogP contribution in [-0.2, 0) is 0 Å². The van der Waals surface area contributed by atoms with E-state index in [2.05, 4.69) is 9.97 Å². The van der Waals surface area contributed by atoms with E-state index in [9.17, 15) is 5.11 Å². The molecule has 0 aliphatic heterocycles. The molecule has 0 radical (unpaired) electrons. The van der Waals surface area contributed by atoms with Crippen molar-refractivity contribution in [1.29, 1.82) is 0 Å². The number of aliphatic hydroxyl groups excluding tert-OH is 1. The van der Waals surface area contributed by atoms with Crippen LogP contribution in [0.2, 0.25) is 0 Å². The molecule has 1 aliphatic rings. The van der Waals surface area contributed by atoms with Gasteiger partial charge in [0.1, 0.15) is 11.6 Å². The molecule has 0 aromatic carbocycles. The van der Waals surface area contributed by atoms with Gasteiger partial charge in [-0.15, -0.1) is 0 Å². The molecule has 0 saturated heterocycles. The van der Waals surface area contributed by atoms with Crippen molar-refractivity contribution in [2.24, 2.45) is 0 Å². The molecule has 5 nitrogen and oxygen atoms in total. The fourth-order valence-electron chi connectivity index (χ4n) is 2.04. The number of rotatable bonds is 2. The molecule has 1 aliphatic carbocycles. The van der Waals surface area contributed by atoms with Crippen LogP contribution in [0.15, 0.2) is 11.2 Å². The highest BCUT2D eigenvalue weighted by molar-refractivity contribution is 7.99. The Balaban J connectivity index is 2.07. The van der Waals surface area contributed by atoms with Crippen LogP contribution in [-0.4, -0.2) is 26.4 Å². The van der Waals surface area contributed by atoms with Crippen molar-refractivity contribution in [2.75, 3.05) is 11.5 Å². The fraction of sp³-hybridized carbons (Fsp3) is 0.636. The molecule has 1 heterocycles. The van der Waals surface area contributed by atoms with Crippen molar-refractivity contribution in [1.82, 2.24) is 9.97 Å². The van der Waals surface area contributed by atoms with Gasteiger partial charge >= 0.3 is 0 Å². The van der Waals surface area contributed by atoms with Crippen LogP contribution in [0.3, 0.4) is 0 Å². The molecule has 0 spiro atoms. The molecule has 0 amide bonds. The van der Waals surface area contributed by atoms with Crippen LogP contribution >= 0.6 is 11.8 Å². The third-order valence-electron chi connectivity index (χ3n) is 2.92. The van der Waals surface area contributed by atoms with Crippen molar-refractivity contribution in [2.45, 2.75) is 48.6 Å². The predicted octanol–water partition coefficient (Wildman–Crippen LogP) is 1.43. The van der Waals surface area contributed by atoms with Gasteiger partial charge in [0.15, 0.2) is 5.16 Å². The van der Waals surface area contributed by atoms with Gasteiger partial charge in [-0.3, -0.25) is 0 Å². The summed E-state index contributed by atoms with van der Waals surface area (Å²) in [6, 6.07) is 1.54. The maximum atomic E-state index is 10.0. The average molecular weight is 254 g/mol. The summed E-state index contributed by atoms with van der Waals surface area (Å²) in [5, 5.41) is 10.7. The molecule has 1 fully saturated rings. The van der Waals surface area contributed by atoms with E-state index in [1.807, 2.05) is 0 Å². The lowest BCUT2D eigenvalue weighted by atomic mass is 10.1. The van der Waals surface area contributed by atoms with Crippen molar-refractivity contribution in [3.8, 4) is 0 Å². The smallest absolute Gasteiger partial charge is 0.191 e. The lowest BCUT2D eigenvalue weighted by molar-refractivity contribution is 0.163. The number of anilines is 2. The van der Waals surface area contributed by atoms with Crippen LogP contribution in [0, 0.1) is 0 Å². The van der Waals surface area contributed by atoms with E-state index >= 15 is 0 Å². The lowest BCUT2D eigenvalue weighted by Gasteiger charge is -2.18. The summed E-state index contributed by atoms with van der Waals surface area (Å²) in [5.74, 6) is 0.756. The van der Waals surface area contributed by atoms with E-state index in [0.29, 0.717) is 16.8 Å². The van der Waals surface area contributed by atoms with E-state index in [-0.39, 0.29) is 11.4 Å². The zero-order valence-corrected chi connectivity index (χ0v) is 10.5. The van der Waals surface area contributed by atoms with Gasteiger partial charge in [-0.25, -0.2) is 9.97 Å². The summed E-state index contributed by atoms with van der Waals surface area (Å²) < 4.78 is 0. The number of hydrogen-bond acceptors (Lipinski definition) is 6. The van der Waals surface area contributed by atoms with Gasteiger partial charge in [-0.05, 0) is 12.8 Å². The topological polar surface area (TPSA) is 98.1 Å². The second-order valence-corrected chi connectivity index (χ2v) is 5.57. The predicted molar refractivity (Wildman–Crippen MR) is 69.6 cm³/mol.